The van der Waals surface area contributed by atoms with Crippen LogP contribution in [0.5, 0.6) is 0 Å². The van der Waals surface area contributed by atoms with Crippen LogP contribution in [0, 0.1) is 0 Å². The molecule has 0 radical (unpaired) electrons. The Morgan fingerprint density at radius 1 is 1.19 bits per heavy atom. The number of nitrogens with two attached hydrogens (primary N) is 1. The van der Waals surface area contributed by atoms with Crippen molar-refractivity contribution in [3.8, 4) is 0 Å². The van der Waals surface area contributed by atoms with E-state index in [4.69, 9.17) is 5.73 Å². The summed E-state index contributed by atoms with van der Waals surface area (Å²) in [6, 6.07) is 5.49. The van der Waals surface area contributed by atoms with Gasteiger partial charge in [0, 0.05) is 24.7 Å². The molecule has 4 N–H and O–H groups in total. The van der Waals surface area contributed by atoms with Gasteiger partial charge in [0.05, 0.1) is 4.90 Å². The standard InChI is InChI=1S/C14H21N3O3S/c1-16-14(18)10-6-8-11(9-7-10)21(19,20)17-13-5-3-2-4-12(13)15/h6-9,12-13,17H,2-5,15H2,1H3,(H,16,18)/t12-,13-/m1/s1. The van der Waals surface area contributed by atoms with Crippen LogP contribution in [0.1, 0.15) is 36.0 Å². The number of carbonyl (C=O) groups is 1. The SMILES string of the molecule is CNC(=O)c1ccc(S(=O)(=O)N[C@@H]2CCCC[C@H]2N)cc1. The minimum atomic E-state index is -3.60. The molecule has 0 heterocycles. The minimum absolute atomic E-state index is 0.140. The summed E-state index contributed by atoms with van der Waals surface area (Å²) in [7, 11) is -2.08. The largest absolute Gasteiger partial charge is 0.355 e. The van der Waals surface area contributed by atoms with E-state index in [0.717, 1.165) is 25.7 Å². The fourth-order valence-electron chi connectivity index (χ4n) is 2.50. The normalized spacial score (nSPS) is 22.8. The maximum absolute atomic E-state index is 12.3. The molecule has 0 bridgehead atoms. The fraction of sp³-hybridized carbons (Fsp3) is 0.500. The van der Waals surface area contributed by atoms with Gasteiger partial charge >= 0.3 is 0 Å². The van der Waals surface area contributed by atoms with E-state index in [1.54, 1.807) is 0 Å². The van der Waals surface area contributed by atoms with Crippen molar-refractivity contribution in [2.75, 3.05) is 7.05 Å². The van der Waals surface area contributed by atoms with Crippen LogP contribution < -0.4 is 15.8 Å². The first-order chi connectivity index (χ1) is 9.94. The summed E-state index contributed by atoms with van der Waals surface area (Å²) >= 11 is 0. The van der Waals surface area contributed by atoms with Gasteiger partial charge in [-0.05, 0) is 37.1 Å². The van der Waals surface area contributed by atoms with E-state index in [9.17, 15) is 13.2 Å². The van der Waals surface area contributed by atoms with Crippen LogP contribution in [-0.4, -0.2) is 33.5 Å². The number of sulfonamides is 1. The molecule has 0 unspecified atom stereocenters. The maximum atomic E-state index is 12.3. The molecule has 0 saturated heterocycles. The quantitative estimate of drug-likeness (QED) is 0.757. The van der Waals surface area contributed by atoms with Crippen LogP contribution in [0.3, 0.4) is 0 Å². The van der Waals surface area contributed by atoms with Gasteiger partial charge in [-0.1, -0.05) is 12.8 Å². The molecule has 1 aromatic rings. The third kappa shape index (κ3) is 3.81. The van der Waals surface area contributed by atoms with Crippen molar-refractivity contribution in [3.05, 3.63) is 29.8 Å². The van der Waals surface area contributed by atoms with E-state index in [1.165, 1.54) is 31.3 Å². The molecule has 2 atom stereocenters. The third-order valence-electron chi connectivity index (χ3n) is 3.78. The zero-order valence-corrected chi connectivity index (χ0v) is 12.8. The molecule has 2 rings (SSSR count). The average molecular weight is 311 g/mol. The molecule has 6 nitrogen and oxygen atoms in total. The van der Waals surface area contributed by atoms with Gasteiger partial charge < -0.3 is 11.1 Å². The molecule has 1 aliphatic carbocycles. The topological polar surface area (TPSA) is 101 Å². The van der Waals surface area contributed by atoms with Crippen molar-refractivity contribution < 1.29 is 13.2 Å². The molecule has 1 fully saturated rings. The summed E-state index contributed by atoms with van der Waals surface area (Å²) in [6.45, 7) is 0. The molecule has 0 aromatic heterocycles. The van der Waals surface area contributed by atoms with Gasteiger partial charge in [0.25, 0.3) is 5.91 Å². The second-order valence-electron chi connectivity index (χ2n) is 5.28. The first kappa shape index (κ1) is 15.9. The van der Waals surface area contributed by atoms with E-state index in [1.807, 2.05) is 0 Å². The van der Waals surface area contributed by atoms with Gasteiger partial charge in [-0.3, -0.25) is 4.79 Å². The van der Waals surface area contributed by atoms with Gasteiger partial charge in [0.1, 0.15) is 0 Å². The van der Waals surface area contributed by atoms with Crippen LogP contribution in [0.15, 0.2) is 29.2 Å². The van der Waals surface area contributed by atoms with Gasteiger partial charge in [-0.15, -0.1) is 0 Å². The van der Waals surface area contributed by atoms with Crippen molar-refractivity contribution in [2.24, 2.45) is 5.73 Å². The first-order valence-corrected chi connectivity index (χ1v) is 8.52. The monoisotopic (exact) mass is 311 g/mol. The number of nitrogens with one attached hydrogen (secondary N) is 2. The average Bonchev–Trinajstić information content (AvgIpc) is 2.49. The lowest BCUT2D eigenvalue weighted by Crippen LogP contribution is -2.49. The lowest BCUT2D eigenvalue weighted by molar-refractivity contribution is 0.0963. The molecule has 21 heavy (non-hydrogen) atoms. The number of hydrogen-bond acceptors (Lipinski definition) is 4. The molecule has 0 spiro atoms. The molecule has 7 heteroatoms. The highest BCUT2D eigenvalue weighted by atomic mass is 32.2. The van der Waals surface area contributed by atoms with E-state index < -0.39 is 10.0 Å². The van der Waals surface area contributed by atoms with Crippen LogP contribution >= 0.6 is 0 Å². The minimum Gasteiger partial charge on any atom is -0.355 e. The van der Waals surface area contributed by atoms with Crippen LogP contribution in [0.2, 0.25) is 0 Å². The second kappa shape index (κ2) is 6.55. The Kier molecular flexibility index (Phi) is 4.97. The highest BCUT2D eigenvalue weighted by Gasteiger charge is 2.27. The maximum Gasteiger partial charge on any atom is 0.251 e. The molecule has 1 amide bonds. The smallest absolute Gasteiger partial charge is 0.251 e. The Morgan fingerprint density at radius 2 is 1.81 bits per heavy atom. The Hall–Kier alpha value is -1.44. The van der Waals surface area contributed by atoms with Crippen molar-refractivity contribution in [1.82, 2.24) is 10.0 Å². The van der Waals surface area contributed by atoms with Crippen LogP contribution in [-0.2, 0) is 10.0 Å². The molecule has 1 saturated carbocycles. The molecule has 116 valence electrons. The van der Waals surface area contributed by atoms with Gasteiger partial charge in [0.2, 0.25) is 10.0 Å². The van der Waals surface area contributed by atoms with Gasteiger partial charge in [-0.25, -0.2) is 13.1 Å². The van der Waals surface area contributed by atoms with Crippen molar-refractivity contribution in [1.29, 1.82) is 0 Å². The van der Waals surface area contributed by atoms with Crippen molar-refractivity contribution in [2.45, 2.75) is 42.7 Å². The number of benzene rings is 1. The summed E-state index contributed by atoms with van der Waals surface area (Å²) in [5.74, 6) is -0.249. The van der Waals surface area contributed by atoms with Gasteiger partial charge in [-0.2, -0.15) is 0 Å². The Morgan fingerprint density at radius 3 is 2.38 bits per heavy atom. The Bertz CT molecular complexity index is 598. The number of carbonyl (C=O) groups excluding carboxylic acids is 1. The summed E-state index contributed by atoms with van der Waals surface area (Å²) in [6.07, 6.45) is 3.62. The summed E-state index contributed by atoms with van der Waals surface area (Å²) < 4.78 is 27.3. The predicted octanol–water partition coefficient (Wildman–Crippen LogP) is 0.594. The second-order valence-corrected chi connectivity index (χ2v) is 6.99. The molecular weight excluding hydrogens is 290 g/mol. The summed E-state index contributed by atoms with van der Waals surface area (Å²) in [5, 5.41) is 2.49. The van der Waals surface area contributed by atoms with E-state index >= 15 is 0 Å². The van der Waals surface area contributed by atoms with E-state index in [2.05, 4.69) is 10.0 Å². The third-order valence-corrected chi connectivity index (χ3v) is 5.29. The zero-order chi connectivity index (χ0) is 15.5. The summed E-state index contributed by atoms with van der Waals surface area (Å²) in [4.78, 5) is 11.6. The molecular formula is C14H21N3O3S. The van der Waals surface area contributed by atoms with E-state index in [-0.39, 0.29) is 22.9 Å². The Balaban J connectivity index is 2.13. The lowest BCUT2D eigenvalue weighted by atomic mass is 9.92. The molecule has 0 aliphatic heterocycles. The zero-order valence-electron chi connectivity index (χ0n) is 12.0. The Labute approximate surface area is 125 Å². The first-order valence-electron chi connectivity index (χ1n) is 7.04. The lowest BCUT2D eigenvalue weighted by Gasteiger charge is -2.29. The van der Waals surface area contributed by atoms with Gasteiger partial charge in [0.15, 0.2) is 0 Å². The predicted molar refractivity (Wildman–Crippen MR) is 80.4 cm³/mol. The number of hydrogen-bond donors (Lipinski definition) is 3. The highest BCUT2D eigenvalue weighted by molar-refractivity contribution is 7.89. The number of rotatable bonds is 4. The van der Waals surface area contributed by atoms with Crippen LogP contribution in [0.4, 0.5) is 0 Å². The molecule has 1 aliphatic rings. The summed E-state index contributed by atoms with van der Waals surface area (Å²) in [5.41, 5.74) is 6.39. The van der Waals surface area contributed by atoms with Crippen LogP contribution in [0.25, 0.3) is 0 Å². The number of amides is 1. The highest BCUT2D eigenvalue weighted by Crippen LogP contribution is 2.19. The fourth-order valence-corrected chi connectivity index (χ4v) is 3.82. The molecule has 1 aromatic carbocycles. The van der Waals surface area contributed by atoms with E-state index in [0.29, 0.717) is 5.56 Å². The van der Waals surface area contributed by atoms with Crippen molar-refractivity contribution >= 4 is 15.9 Å². The van der Waals surface area contributed by atoms with Crippen molar-refractivity contribution in [3.63, 3.8) is 0 Å².